The predicted octanol–water partition coefficient (Wildman–Crippen LogP) is 3.39. The van der Waals surface area contributed by atoms with Crippen LogP contribution in [0.25, 0.3) is 5.69 Å². The van der Waals surface area contributed by atoms with Gasteiger partial charge in [-0.1, -0.05) is 31.0 Å². The van der Waals surface area contributed by atoms with Crippen LogP contribution in [0.2, 0.25) is 5.02 Å². The van der Waals surface area contributed by atoms with Gasteiger partial charge in [-0.05, 0) is 37.5 Å². The Morgan fingerprint density at radius 2 is 2.38 bits per heavy atom. The van der Waals surface area contributed by atoms with E-state index in [1.54, 1.807) is 10.9 Å². The Morgan fingerprint density at radius 1 is 1.50 bits per heavy atom. The molecule has 6 heteroatoms. The number of nitrogens with one attached hydrogen (secondary N) is 1. The number of hydrogen-bond donors (Lipinski definition) is 1. The molecule has 1 amide bonds. The molecule has 1 aromatic carbocycles. The number of hydrogen-bond acceptors (Lipinski definition) is 3. The minimum atomic E-state index is -0.0952. The molecular formula is C18H22ClN3O2. The van der Waals surface area contributed by atoms with Crippen molar-refractivity contribution in [2.75, 3.05) is 13.2 Å². The van der Waals surface area contributed by atoms with E-state index in [0.29, 0.717) is 17.1 Å². The third-order valence-electron chi connectivity index (χ3n) is 4.17. The molecule has 3 rings (SSSR count). The second kappa shape index (κ2) is 7.81. The van der Waals surface area contributed by atoms with Gasteiger partial charge < -0.3 is 10.1 Å². The molecule has 0 radical (unpaired) electrons. The number of aromatic nitrogens is 2. The fraction of sp³-hybridized carbons (Fsp3) is 0.444. The summed E-state index contributed by atoms with van der Waals surface area (Å²) >= 11 is 6.08. The van der Waals surface area contributed by atoms with E-state index in [-0.39, 0.29) is 12.0 Å². The minimum absolute atomic E-state index is 0.0952. The van der Waals surface area contributed by atoms with Gasteiger partial charge in [0, 0.05) is 18.2 Å². The van der Waals surface area contributed by atoms with Crippen molar-refractivity contribution in [2.45, 2.75) is 38.7 Å². The molecule has 0 saturated carbocycles. The van der Waals surface area contributed by atoms with Crippen molar-refractivity contribution in [1.82, 2.24) is 15.1 Å². The largest absolute Gasteiger partial charge is 0.376 e. The van der Waals surface area contributed by atoms with Gasteiger partial charge in [-0.25, -0.2) is 4.68 Å². The van der Waals surface area contributed by atoms with Crippen LogP contribution < -0.4 is 5.32 Å². The van der Waals surface area contributed by atoms with Crippen molar-refractivity contribution in [3.8, 4) is 5.69 Å². The maximum absolute atomic E-state index is 12.6. The van der Waals surface area contributed by atoms with Crippen molar-refractivity contribution in [3.63, 3.8) is 0 Å². The Labute approximate surface area is 147 Å². The topological polar surface area (TPSA) is 56.1 Å². The van der Waals surface area contributed by atoms with Crippen LogP contribution in [0.15, 0.2) is 30.5 Å². The summed E-state index contributed by atoms with van der Waals surface area (Å²) in [5, 5.41) is 8.03. The normalized spacial score (nSPS) is 17.2. The number of nitrogens with zero attached hydrogens (tertiary/aromatic N) is 2. The summed E-state index contributed by atoms with van der Waals surface area (Å²) in [6.07, 6.45) is 5.54. The van der Waals surface area contributed by atoms with Crippen molar-refractivity contribution in [2.24, 2.45) is 0 Å². The number of benzene rings is 1. The summed E-state index contributed by atoms with van der Waals surface area (Å²) in [7, 11) is 0. The second-order valence-electron chi connectivity index (χ2n) is 5.99. The molecule has 1 aliphatic rings. The Bertz CT molecular complexity index is 708. The maximum Gasteiger partial charge on any atom is 0.254 e. The van der Waals surface area contributed by atoms with Crippen molar-refractivity contribution in [1.29, 1.82) is 0 Å². The summed E-state index contributed by atoms with van der Waals surface area (Å²) < 4.78 is 7.36. The van der Waals surface area contributed by atoms with Crippen molar-refractivity contribution in [3.05, 3.63) is 46.7 Å². The average molecular weight is 348 g/mol. The molecule has 5 nitrogen and oxygen atoms in total. The molecule has 1 N–H and O–H groups in total. The highest BCUT2D eigenvalue weighted by Crippen LogP contribution is 2.20. The predicted molar refractivity (Wildman–Crippen MR) is 93.9 cm³/mol. The molecule has 128 valence electrons. The zero-order valence-corrected chi connectivity index (χ0v) is 14.6. The Kier molecular flexibility index (Phi) is 5.53. The highest BCUT2D eigenvalue weighted by molar-refractivity contribution is 6.30. The first-order valence-corrected chi connectivity index (χ1v) is 8.79. The summed E-state index contributed by atoms with van der Waals surface area (Å²) in [5.41, 5.74) is 2.39. The number of amides is 1. The number of carbonyl (C=O) groups excluding carboxylic acids is 1. The van der Waals surface area contributed by atoms with Crippen LogP contribution in [0.4, 0.5) is 0 Å². The molecule has 24 heavy (non-hydrogen) atoms. The van der Waals surface area contributed by atoms with Gasteiger partial charge in [0.05, 0.1) is 29.2 Å². The molecule has 2 aromatic rings. The van der Waals surface area contributed by atoms with Crippen molar-refractivity contribution >= 4 is 17.5 Å². The van der Waals surface area contributed by atoms with Gasteiger partial charge in [0.25, 0.3) is 5.91 Å². The zero-order chi connectivity index (χ0) is 16.9. The molecule has 1 fully saturated rings. The van der Waals surface area contributed by atoms with E-state index in [9.17, 15) is 4.79 Å². The quantitative estimate of drug-likeness (QED) is 0.871. The van der Waals surface area contributed by atoms with Gasteiger partial charge in [-0.2, -0.15) is 5.10 Å². The van der Waals surface area contributed by atoms with Gasteiger partial charge in [0.2, 0.25) is 0 Å². The lowest BCUT2D eigenvalue weighted by atomic mass is 10.1. The summed E-state index contributed by atoms with van der Waals surface area (Å²) in [6, 6.07) is 7.49. The van der Waals surface area contributed by atoms with Crippen molar-refractivity contribution < 1.29 is 9.53 Å². The van der Waals surface area contributed by atoms with Crippen LogP contribution in [0.1, 0.15) is 42.2 Å². The second-order valence-corrected chi connectivity index (χ2v) is 6.43. The van der Waals surface area contributed by atoms with Gasteiger partial charge in [0.15, 0.2) is 0 Å². The lowest BCUT2D eigenvalue weighted by Gasteiger charge is -2.12. The fourth-order valence-corrected chi connectivity index (χ4v) is 3.16. The van der Waals surface area contributed by atoms with Crippen LogP contribution in [-0.2, 0) is 11.2 Å². The van der Waals surface area contributed by atoms with Gasteiger partial charge in [0.1, 0.15) is 0 Å². The van der Waals surface area contributed by atoms with Crippen LogP contribution >= 0.6 is 11.6 Å². The molecule has 0 aliphatic carbocycles. The van der Waals surface area contributed by atoms with Crippen LogP contribution in [-0.4, -0.2) is 34.9 Å². The van der Waals surface area contributed by atoms with Crippen LogP contribution in [0.3, 0.4) is 0 Å². The minimum Gasteiger partial charge on any atom is -0.376 e. The standard InChI is InChI=1S/C18H22ClN3O2/c1-2-5-17-16(18(23)20-11-15-8-4-9-24-15)12-21-22(17)14-7-3-6-13(19)10-14/h3,6-7,10,12,15H,2,4-5,8-9,11H2,1H3,(H,20,23)/t15-/m0/s1. The van der Waals surface area contributed by atoms with Crippen LogP contribution in [0, 0.1) is 0 Å². The average Bonchev–Trinajstić information content (AvgIpc) is 3.23. The molecule has 0 unspecified atom stereocenters. The summed E-state index contributed by atoms with van der Waals surface area (Å²) in [5.74, 6) is -0.0952. The van der Waals surface area contributed by atoms with E-state index in [2.05, 4.69) is 17.3 Å². The third-order valence-corrected chi connectivity index (χ3v) is 4.40. The smallest absolute Gasteiger partial charge is 0.254 e. The highest BCUT2D eigenvalue weighted by Gasteiger charge is 2.20. The lowest BCUT2D eigenvalue weighted by molar-refractivity contribution is 0.0857. The first-order valence-electron chi connectivity index (χ1n) is 8.41. The van der Waals surface area contributed by atoms with E-state index in [0.717, 1.165) is 43.7 Å². The van der Waals surface area contributed by atoms with Crippen LogP contribution in [0.5, 0.6) is 0 Å². The SMILES string of the molecule is CCCc1c(C(=O)NC[C@@H]2CCCO2)cnn1-c1cccc(Cl)c1. The number of carbonyl (C=O) groups is 1. The fourth-order valence-electron chi connectivity index (χ4n) is 2.98. The Morgan fingerprint density at radius 3 is 3.08 bits per heavy atom. The lowest BCUT2D eigenvalue weighted by Crippen LogP contribution is -2.32. The summed E-state index contributed by atoms with van der Waals surface area (Å²) in [4.78, 5) is 12.6. The van der Waals surface area contributed by atoms with E-state index >= 15 is 0 Å². The number of halogens is 1. The van der Waals surface area contributed by atoms with Gasteiger partial charge in [-0.3, -0.25) is 4.79 Å². The molecule has 0 bridgehead atoms. The Balaban J connectivity index is 1.81. The van der Waals surface area contributed by atoms with Gasteiger partial charge >= 0.3 is 0 Å². The van der Waals surface area contributed by atoms with E-state index in [1.807, 2.05) is 24.3 Å². The first-order chi connectivity index (χ1) is 11.7. The Hall–Kier alpha value is -1.85. The third kappa shape index (κ3) is 3.79. The zero-order valence-electron chi connectivity index (χ0n) is 13.8. The first kappa shape index (κ1) is 17.0. The molecule has 1 saturated heterocycles. The van der Waals surface area contributed by atoms with E-state index in [4.69, 9.17) is 16.3 Å². The molecule has 1 aromatic heterocycles. The van der Waals surface area contributed by atoms with E-state index in [1.165, 1.54) is 0 Å². The van der Waals surface area contributed by atoms with Gasteiger partial charge in [-0.15, -0.1) is 0 Å². The number of rotatable bonds is 6. The highest BCUT2D eigenvalue weighted by atomic mass is 35.5. The maximum atomic E-state index is 12.6. The monoisotopic (exact) mass is 347 g/mol. The van der Waals surface area contributed by atoms with E-state index < -0.39 is 0 Å². The molecule has 1 aliphatic heterocycles. The summed E-state index contributed by atoms with van der Waals surface area (Å²) in [6.45, 7) is 3.42. The number of ether oxygens (including phenoxy) is 1. The molecular weight excluding hydrogens is 326 g/mol. The molecule has 0 spiro atoms. The molecule has 1 atom stereocenters. The molecule has 2 heterocycles.